The number of hydrogen-bond acceptors (Lipinski definition) is 4. The molecule has 4 rings (SSSR count). The van der Waals surface area contributed by atoms with Gasteiger partial charge in [-0.3, -0.25) is 13.9 Å². The van der Waals surface area contributed by atoms with Gasteiger partial charge in [0.05, 0.1) is 10.6 Å². The van der Waals surface area contributed by atoms with E-state index in [0.717, 1.165) is 15.4 Å². The predicted molar refractivity (Wildman–Crippen MR) is 179 cm³/mol. The van der Waals surface area contributed by atoms with E-state index in [0.29, 0.717) is 16.6 Å². The molecule has 7 nitrogen and oxygen atoms in total. The van der Waals surface area contributed by atoms with Gasteiger partial charge >= 0.3 is 0 Å². The lowest BCUT2D eigenvalue weighted by molar-refractivity contribution is -0.140. The zero-order valence-electron chi connectivity index (χ0n) is 25.5. The third-order valence-electron chi connectivity index (χ3n) is 7.21. The first-order valence-electron chi connectivity index (χ1n) is 14.6. The van der Waals surface area contributed by atoms with Crippen LogP contribution in [-0.2, 0) is 32.6 Å². The van der Waals surface area contributed by atoms with Crippen LogP contribution in [0.4, 0.5) is 10.1 Å². The standard InChI is InChI=1S/C35H37BrFN3O4S/c1-25(2)22-38-35(42)33(20-27-8-5-4-6-9-27)39(23-28-14-16-30(37)17-15-28)34(41)24-40(31-11-7-10-29(36)21-31)45(43,44)32-18-12-26(3)13-19-32/h4-19,21,25,33H,20,22-24H2,1-3H3,(H,38,42)/t33-/m1/s1. The predicted octanol–water partition coefficient (Wildman–Crippen LogP) is 6.50. The van der Waals surface area contributed by atoms with Gasteiger partial charge in [0.15, 0.2) is 0 Å². The van der Waals surface area contributed by atoms with Gasteiger partial charge in [0, 0.05) is 24.0 Å². The molecule has 0 saturated carbocycles. The molecule has 0 unspecified atom stereocenters. The fourth-order valence-corrected chi connectivity index (χ4v) is 6.55. The zero-order chi connectivity index (χ0) is 32.6. The fraction of sp³-hybridized carbons (Fsp3) is 0.257. The molecule has 2 amide bonds. The molecule has 0 aromatic heterocycles. The number of carbonyl (C=O) groups excluding carboxylic acids is 2. The van der Waals surface area contributed by atoms with E-state index in [1.807, 2.05) is 51.1 Å². The van der Waals surface area contributed by atoms with Crippen molar-refractivity contribution in [2.45, 2.75) is 44.7 Å². The number of amides is 2. The lowest BCUT2D eigenvalue weighted by Gasteiger charge is -2.34. The topological polar surface area (TPSA) is 86.8 Å². The Morgan fingerprint density at radius 2 is 1.53 bits per heavy atom. The van der Waals surface area contributed by atoms with Crippen molar-refractivity contribution >= 4 is 43.5 Å². The largest absolute Gasteiger partial charge is 0.354 e. The van der Waals surface area contributed by atoms with Gasteiger partial charge in [0.2, 0.25) is 11.8 Å². The van der Waals surface area contributed by atoms with Crippen LogP contribution in [0.15, 0.2) is 112 Å². The third kappa shape index (κ3) is 9.25. The Morgan fingerprint density at radius 3 is 2.16 bits per heavy atom. The third-order valence-corrected chi connectivity index (χ3v) is 9.49. The van der Waals surface area contributed by atoms with E-state index in [4.69, 9.17) is 0 Å². The Labute approximate surface area is 273 Å². The molecule has 0 bridgehead atoms. The van der Waals surface area contributed by atoms with Gasteiger partial charge in [-0.1, -0.05) is 96.0 Å². The van der Waals surface area contributed by atoms with Gasteiger partial charge in [-0.15, -0.1) is 0 Å². The molecule has 0 spiro atoms. The summed E-state index contributed by atoms with van der Waals surface area (Å²) in [7, 11) is -4.21. The zero-order valence-corrected chi connectivity index (χ0v) is 27.9. The number of anilines is 1. The van der Waals surface area contributed by atoms with E-state index in [1.165, 1.54) is 29.2 Å². The molecule has 4 aromatic carbocycles. The second kappa shape index (κ2) is 15.3. The molecule has 10 heteroatoms. The number of aryl methyl sites for hydroxylation is 1. The van der Waals surface area contributed by atoms with Crippen molar-refractivity contribution in [2.75, 3.05) is 17.4 Å². The summed E-state index contributed by atoms with van der Waals surface area (Å²) in [5.41, 5.74) is 2.59. The molecule has 0 aliphatic rings. The summed E-state index contributed by atoms with van der Waals surface area (Å²) < 4.78 is 43.7. The minimum Gasteiger partial charge on any atom is -0.354 e. The summed E-state index contributed by atoms with van der Waals surface area (Å²) >= 11 is 3.42. The Morgan fingerprint density at radius 1 is 0.867 bits per heavy atom. The molecule has 45 heavy (non-hydrogen) atoms. The quantitative estimate of drug-likeness (QED) is 0.173. The summed E-state index contributed by atoms with van der Waals surface area (Å²) in [5, 5.41) is 2.96. The normalized spacial score (nSPS) is 12.0. The van der Waals surface area contributed by atoms with Crippen molar-refractivity contribution in [3.05, 3.63) is 130 Å². The summed E-state index contributed by atoms with van der Waals surface area (Å²) in [4.78, 5) is 29.7. The van der Waals surface area contributed by atoms with Crippen LogP contribution in [0.2, 0.25) is 0 Å². The van der Waals surface area contributed by atoms with E-state index in [2.05, 4.69) is 21.2 Å². The number of rotatable bonds is 13. The van der Waals surface area contributed by atoms with Crippen LogP contribution in [0.3, 0.4) is 0 Å². The molecule has 0 saturated heterocycles. The van der Waals surface area contributed by atoms with E-state index in [1.54, 1.807) is 48.5 Å². The highest BCUT2D eigenvalue weighted by molar-refractivity contribution is 9.10. The number of nitrogens with one attached hydrogen (secondary N) is 1. The Kier molecular flexibility index (Phi) is 11.5. The summed E-state index contributed by atoms with van der Waals surface area (Å²) in [6.07, 6.45) is 0.194. The summed E-state index contributed by atoms with van der Waals surface area (Å²) in [6.45, 7) is 5.59. The van der Waals surface area contributed by atoms with Crippen LogP contribution in [0.1, 0.15) is 30.5 Å². The Balaban J connectivity index is 1.79. The van der Waals surface area contributed by atoms with E-state index >= 15 is 0 Å². The van der Waals surface area contributed by atoms with Crippen molar-refractivity contribution in [1.82, 2.24) is 10.2 Å². The van der Waals surface area contributed by atoms with Crippen molar-refractivity contribution < 1.29 is 22.4 Å². The molecule has 0 aliphatic heterocycles. The van der Waals surface area contributed by atoms with Crippen LogP contribution < -0.4 is 9.62 Å². The molecule has 236 valence electrons. The first-order valence-corrected chi connectivity index (χ1v) is 16.9. The number of sulfonamides is 1. The highest BCUT2D eigenvalue weighted by Gasteiger charge is 2.34. The molecule has 0 aliphatic carbocycles. The van der Waals surface area contributed by atoms with Gasteiger partial charge in [0.25, 0.3) is 10.0 Å². The maximum absolute atomic E-state index is 14.4. The molecule has 1 N–H and O–H groups in total. The van der Waals surface area contributed by atoms with E-state index in [-0.39, 0.29) is 35.4 Å². The highest BCUT2D eigenvalue weighted by atomic mass is 79.9. The number of nitrogens with zero attached hydrogens (tertiary/aromatic N) is 2. The van der Waals surface area contributed by atoms with Gasteiger partial charge in [-0.05, 0) is 66.4 Å². The lowest BCUT2D eigenvalue weighted by Crippen LogP contribution is -2.53. The molecular formula is C35H37BrFN3O4S. The molecular weight excluding hydrogens is 657 g/mol. The SMILES string of the molecule is Cc1ccc(S(=O)(=O)N(CC(=O)N(Cc2ccc(F)cc2)[C@H](Cc2ccccc2)C(=O)NCC(C)C)c2cccc(Br)c2)cc1. The number of carbonyl (C=O) groups is 2. The smallest absolute Gasteiger partial charge is 0.264 e. The van der Waals surface area contributed by atoms with Crippen molar-refractivity contribution in [1.29, 1.82) is 0 Å². The number of benzene rings is 4. The maximum Gasteiger partial charge on any atom is 0.264 e. The maximum atomic E-state index is 14.4. The minimum atomic E-state index is -4.21. The van der Waals surface area contributed by atoms with Crippen LogP contribution >= 0.6 is 15.9 Å². The number of hydrogen-bond donors (Lipinski definition) is 1. The molecule has 0 radical (unpaired) electrons. The van der Waals surface area contributed by atoms with Crippen LogP contribution in [0.25, 0.3) is 0 Å². The van der Waals surface area contributed by atoms with Gasteiger partial charge in [0.1, 0.15) is 18.4 Å². The van der Waals surface area contributed by atoms with E-state index < -0.39 is 34.3 Å². The summed E-state index contributed by atoms with van der Waals surface area (Å²) in [6, 6.07) is 27.1. The first-order chi connectivity index (χ1) is 21.4. The van der Waals surface area contributed by atoms with Crippen molar-refractivity contribution in [2.24, 2.45) is 5.92 Å². The fourth-order valence-electron chi connectivity index (χ4n) is 4.76. The molecule has 0 fully saturated rings. The first kappa shape index (κ1) is 33.9. The minimum absolute atomic E-state index is 0.0291. The molecule has 1 atom stereocenters. The van der Waals surface area contributed by atoms with Gasteiger partial charge < -0.3 is 10.2 Å². The second-order valence-electron chi connectivity index (χ2n) is 11.3. The summed E-state index contributed by atoms with van der Waals surface area (Å²) in [5.74, 6) is -1.22. The average Bonchev–Trinajstić information content (AvgIpc) is 3.01. The lowest BCUT2D eigenvalue weighted by atomic mass is 10.0. The molecule has 0 heterocycles. The second-order valence-corrected chi connectivity index (χ2v) is 14.1. The monoisotopic (exact) mass is 693 g/mol. The van der Waals surface area contributed by atoms with Crippen LogP contribution in [0.5, 0.6) is 0 Å². The highest BCUT2D eigenvalue weighted by Crippen LogP contribution is 2.27. The van der Waals surface area contributed by atoms with Crippen LogP contribution in [-0.4, -0.2) is 44.3 Å². The van der Waals surface area contributed by atoms with Gasteiger partial charge in [-0.2, -0.15) is 0 Å². The number of halogens is 2. The van der Waals surface area contributed by atoms with Gasteiger partial charge in [-0.25, -0.2) is 12.8 Å². The Bertz CT molecular complexity index is 1700. The Hall–Kier alpha value is -4.02. The average molecular weight is 695 g/mol. The van der Waals surface area contributed by atoms with Crippen molar-refractivity contribution in [3.8, 4) is 0 Å². The van der Waals surface area contributed by atoms with E-state index in [9.17, 15) is 22.4 Å². The van der Waals surface area contributed by atoms with Crippen molar-refractivity contribution in [3.63, 3.8) is 0 Å². The molecule has 4 aromatic rings. The van der Waals surface area contributed by atoms with Crippen LogP contribution in [0, 0.1) is 18.7 Å².